The Morgan fingerprint density at radius 3 is 2.89 bits per heavy atom. The highest BCUT2D eigenvalue weighted by molar-refractivity contribution is 6.31. The topological polar surface area (TPSA) is 82.5 Å². The lowest BCUT2D eigenvalue weighted by Gasteiger charge is -2.37. The molecule has 28 heavy (non-hydrogen) atoms. The van der Waals surface area contributed by atoms with Gasteiger partial charge in [0, 0.05) is 48.2 Å². The van der Waals surface area contributed by atoms with Crippen LogP contribution in [0.5, 0.6) is 0 Å². The number of aryl methyl sites for hydroxylation is 1. The molecule has 7 nitrogen and oxygen atoms in total. The van der Waals surface area contributed by atoms with Gasteiger partial charge in [0.15, 0.2) is 5.65 Å². The van der Waals surface area contributed by atoms with E-state index in [0.717, 1.165) is 5.56 Å². The first-order valence-electron chi connectivity index (χ1n) is 8.86. The SMILES string of the molecule is Cc1nc2cc[nH]n2c(=O)c1CC(=O)N1CCNCC1c1ccccc1Cl.Cl. The molecule has 0 radical (unpaired) electrons. The van der Waals surface area contributed by atoms with Crippen LogP contribution in [0.4, 0.5) is 0 Å². The Morgan fingerprint density at radius 2 is 2.11 bits per heavy atom. The lowest BCUT2D eigenvalue weighted by molar-refractivity contribution is -0.133. The summed E-state index contributed by atoms with van der Waals surface area (Å²) in [5.74, 6) is -0.102. The van der Waals surface area contributed by atoms with Gasteiger partial charge in [-0.15, -0.1) is 12.4 Å². The summed E-state index contributed by atoms with van der Waals surface area (Å²) in [4.78, 5) is 32.1. The zero-order chi connectivity index (χ0) is 19.0. The molecule has 1 atom stereocenters. The maximum Gasteiger partial charge on any atom is 0.276 e. The first-order valence-corrected chi connectivity index (χ1v) is 9.24. The second-order valence-electron chi connectivity index (χ2n) is 6.64. The molecule has 3 heterocycles. The van der Waals surface area contributed by atoms with Gasteiger partial charge in [0.05, 0.1) is 12.5 Å². The number of piperazine rings is 1. The highest BCUT2D eigenvalue weighted by Crippen LogP contribution is 2.29. The molecule has 3 aromatic rings. The minimum atomic E-state index is -0.236. The van der Waals surface area contributed by atoms with E-state index in [1.54, 1.807) is 24.1 Å². The second-order valence-corrected chi connectivity index (χ2v) is 7.05. The Labute approximate surface area is 173 Å². The largest absolute Gasteiger partial charge is 0.333 e. The smallest absolute Gasteiger partial charge is 0.276 e. The van der Waals surface area contributed by atoms with Crippen molar-refractivity contribution in [3.63, 3.8) is 0 Å². The molecule has 0 bridgehead atoms. The summed E-state index contributed by atoms with van der Waals surface area (Å²) in [6.07, 6.45) is 1.67. The molecule has 4 rings (SSSR count). The maximum absolute atomic E-state index is 13.1. The number of amides is 1. The molecule has 0 aliphatic carbocycles. The number of carbonyl (C=O) groups is 1. The first-order chi connectivity index (χ1) is 13.1. The molecule has 1 aromatic carbocycles. The van der Waals surface area contributed by atoms with Crippen LogP contribution in [0.15, 0.2) is 41.3 Å². The summed E-state index contributed by atoms with van der Waals surface area (Å²) in [7, 11) is 0. The van der Waals surface area contributed by atoms with Crippen molar-refractivity contribution in [2.75, 3.05) is 19.6 Å². The predicted octanol–water partition coefficient (Wildman–Crippen LogP) is 2.12. The summed E-state index contributed by atoms with van der Waals surface area (Å²) >= 11 is 6.36. The van der Waals surface area contributed by atoms with E-state index in [1.165, 1.54) is 4.52 Å². The number of fused-ring (bicyclic) bond motifs is 1. The zero-order valence-electron chi connectivity index (χ0n) is 15.3. The third-order valence-corrected chi connectivity index (χ3v) is 5.35. The Bertz CT molecular complexity index is 1060. The normalized spacial score (nSPS) is 16.8. The van der Waals surface area contributed by atoms with Gasteiger partial charge in [-0.3, -0.25) is 14.7 Å². The number of carbonyl (C=O) groups excluding carboxylic acids is 1. The summed E-state index contributed by atoms with van der Waals surface area (Å²) in [5.41, 5.74) is 2.21. The molecule has 9 heteroatoms. The second kappa shape index (κ2) is 8.34. The third kappa shape index (κ3) is 3.65. The van der Waals surface area contributed by atoms with E-state index in [0.29, 0.717) is 41.6 Å². The lowest BCUT2D eigenvalue weighted by atomic mass is 10.0. The standard InChI is InChI=1S/C19H20ClN5O2.ClH/c1-12-14(19(27)25-17(23-12)6-7-22-25)10-18(26)24-9-8-21-11-16(24)13-4-2-3-5-15(13)20;/h2-7,16,21-22H,8-11H2,1H3;1H. The van der Waals surface area contributed by atoms with E-state index in [9.17, 15) is 9.59 Å². The number of hydrogen-bond donors (Lipinski definition) is 2. The molecular weight excluding hydrogens is 401 g/mol. The highest BCUT2D eigenvalue weighted by Gasteiger charge is 2.30. The van der Waals surface area contributed by atoms with Gasteiger partial charge in [-0.05, 0) is 18.6 Å². The van der Waals surface area contributed by atoms with Gasteiger partial charge in [0.1, 0.15) is 0 Å². The van der Waals surface area contributed by atoms with Crippen molar-refractivity contribution in [2.24, 2.45) is 0 Å². The van der Waals surface area contributed by atoms with Crippen molar-refractivity contribution in [1.29, 1.82) is 0 Å². The van der Waals surface area contributed by atoms with Crippen LogP contribution in [0.2, 0.25) is 5.02 Å². The van der Waals surface area contributed by atoms with E-state index in [-0.39, 0.29) is 36.3 Å². The van der Waals surface area contributed by atoms with Gasteiger partial charge in [0.25, 0.3) is 5.56 Å². The quantitative estimate of drug-likeness (QED) is 0.678. The molecule has 148 valence electrons. The van der Waals surface area contributed by atoms with E-state index in [1.807, 2.05) is 24.3 Å². The van der Waals surface area contributed by atoms with Gasteiger partial charge in [-0.2, -0.15) is 0 Å². The van der Waals surface area contributed by atoms with Gasteiger partial charge < -0.3 is 10.2 Å². The fourth-order valence-corrected chi connectivity index (χ4v) is 3.85. The van der Waals surface area contributed by atoms with Crippen LogP contribution in [-0.2, 0) is 11.2 Å². The number of aromatic amines is 1. The van der Waals surface area contributed by atoms with Crippen LogP contribution < -0.4 is 10.9 Å². The number of benzene rings is 1. The molecule has 1 aliphatic heterocycles. The van der Waals surface area contributed by atoms with Crippen LogP contribution in [0, 0.1) is 6.92 Å². The first kappa shape index (κ1) is 20.4. The van der Waals surface area contributed by atoms with Crippen molar-refractivity contribution in [1.82, 2.24) is 24.8 Å². The maximum atomic E-state index is 13.1. The molecular formula is C19H21Cl2N5O2. The molecule has 1 amide bonds. The number of hydrogen-bond acceptors (Lipinski definition) is 4. The average molecular weight is 422 g/mol. The molecule has 0 spiro atoms. The van der Waals surface area contributed by atoms with Crippen molar-refractivity contribution in [2.45, 2.75) is 19.4 Å². The van der Waals surface area contributed by atoms with Crippen LogP contribution in [0.1, 0.15) is 22.9 Å². The van der Waals surface area contributed by atoms with E-state index >= 15 is 0 Å². The van der Waals surface area contributed by atoms with Gasteiger partial charge in [-0.1, -0.05) is 29.8 Å². The van der Waals surface area contributed by atoms with Crippen molar-refractivity contribution < 1.29 is 4.79 Å². The summed E-state index contributed by atoms with van der Waals surface area (Å²) in [6, 6.07) is 9.11. The van der Waals surface area contributed by atoms with Crippen molar-refractivity contribution in [3.05, 3.63) is 68.7 Å². The third-order valence-electron chi connectivity index (χ3n) is 5.00. The van der Waals surface area contributed by atoms with E-state index < -0.39 is 0 Å². The number of rotatable bonds is 3. The summed E-state index contributed by atoms with van der Waals surface area (Å²) in [6.45, 7) is 3.66. The zero-order valence-corrected chi connectivity index (χ0v) is 16.9. The Hall–Kier alpha value is -2.35. The Morgan fingerprint density at radius 1 is 1.32 bits per heavy atom. The monoisotopic (exact) mass is 421 g/mol. The lowest BCUT2D eigenvalue weighted by Crippen LogP contribution is -2.49. The molecule has 1 aliphatic rings. The Balaban J connectivity index is 0.00000225. The van der Waals surface area contributed by atoms with Crippen LogP contribution in [-0.4, -0.2) is 45.0 Å². The fraction of sp³-hybridized carbons (Fsp3) is 0.316. The van der Waals surface area contributed by atoms with Crippen molar-refractivity contribution >= 4 is 35.6 Å². The number of halogens is 2. The van der Waals surface area contributed by atoms with E-state index in [2.05, 4.69) is 15.4 Å². The molecule has 1 saturated heterocycles. The molecule has 2 N–H and O–H groups in total. The summed E-state index contributed by atoms with van der Waals surface area (Å²) < 4.78 is 1.36. The molecule has 1 fully saturated rings. The Kier molecular flexibility index (Phi) is 6.07. The van der Waals surface area contributed by atoms with Gasteiger partial charge in [0.2, 0.25) is 5.91 Å². The van der Waals surface area contributed by atoms with Gasteiger partial charge >= 0.3 is 0 Å². The average Bonchev–Trinajstić information content (AvgIpc) is 3.14. The van der Waals surface area contributed by atoms with Crippen molar-refractivity contribution in [3.8, 4) is 0 Å². The van der Waals surface area contributed by atoms with Gasteiger partial charge in [-0.25, -0.2) is 9.50 Å². The van der Waals surface area contributed by atoms with Crippen LogP contribution in [0.25, 0.3) is 5.65 Å². The summed E-state index contributed by atoms with van der Waals surface area (Å²) in [5, 5.41) is 6.79. The molecule has 1 unspecified atom stereocenters. The minimum absolute atomic E-state index is 0. The highest BCUT2D eigenvalue weighted by atomic mass is 35.5. The molecule has 2 aromatic heterocycles. The molecule has 0 saturated carbocycles. The number of nitrogens with one attached hydrogen (secondary N) is 2. The van der Waals surface area contributed by atoms with E-state index in [4.69, 9.17) is 11.6 Å². The number of nitrogens with zero attached hydrogens (tertiary/aromatic N) is 3. The fourth-order valence-electron chi connectivity index (χ4n) is 3.59. The number of aromatic nitrogens is 3. The van der Waals surface area contributed by atoms with Crippen LogP contribution in [0.3, 0.4) is 0 Å². The predicted molar refractivity (Wildman–Crippen MR) is 110 cm³/mol. The van der Waals surface area contributed by atoms with Crippen LogP contribution >= 0.6 is 24.0 Å². The minimum Gasteiger partial charge on any atom is -0.333 e. The number of H-pyrrole nitrogens is 1.